The maximum absolute atomic E-state index is 10.8. The first-order valence-corrected chi connectivity index (χ1v) is 4.86. The lowest BCUT2D eigenvalue weighted by Crippen LogP contribution is -2.48. The summed E-state index contributed by atoms with van der Waals surface area (Å²) < 4.78 is 0. The molecule has 1 aliphatic carbocycles. The van der Waals surface area contributed by atoms with Crippen molar-refractivity contribution in [2.75, 3.05) is 0 Å². The normalized spacial score (nSPS) is 36.1. The molecule has 0 radical (unpaired) electrons. The standard InChI is InChI=1S/C9H16ClNO/c1-7(12)11-8-5-3-4-6-9(8,2)10/h8H,3-6H2,1-2H3,(H,11,12). The largest absolute Gasteiger partial charge is 0.352 e. The van der Waals surface area contributed by atoms with Crippen molar-refractivity contribution in [1.29, 1.82) is 0 Å². The summed E-state index contributed by atoms with van der Waals surface area (Å²) in [6.07, 6.45) is 4.36. The van der Waals surface area contributed by atoms with Gasteiger partial charge in [-0.1, -0.05) is 12.8 Å². The number of amides is 1. The van der Waals surface area contributed by atoms with Gasteiger partial charge in [0.2, 0.25) is 5.91 Å². The van der Waals surface area contributed by atoms with Gasteiger partial charge in [0.15, 0.2) is 0 Å². The molecule has 0 aliphatic heterocycles. The Morgan fingerprint density at radius 2 is 2.25 bits per heavy atom. The fraction of sp³-hybridized carbons (Fsp3) is 0.889. The molecule has 2 atom stereocenters. The molecule has 12 heavy (non-hydrogen) atoms. The predicted molar refractivity (Wildman–Crippen MR) is 50.3 cm³/mol. The van der Waals surface area contributed by atoms with Crippen molar-refractivity contribution in [1.82, 2.24) is 5.32 Å². The van der Waals surface area contributed by atoms with Crippen LogP contribution < -0.4 is 5.32 Å². The van der Waals surface area contributed by atoms with Gasteiger partial charge in [-0.3, -0.25) is 4.79 Å². The van der Waals surface area contributed by atoms with E-state index in [1.807, 2.05) is 6.92 Å². The Balaban J connectivity index is 2.54. The second-order valence-electron chi connectivity index (χ2n) is 3.78. The Hall–Kier alpha value is -0.240. The van der Waals surface area contributed by atoms with E-state index in [1.54, 1.807) is 6.92 Å². The van der Waals surface area contributed by atoms with Crippen molar-refractivity contribution in [2.24, 2.45) is 0 Å². The van der Waals surface area contributed by atoms with Gasteiger partial charge in [0.25, 0.3) is 0 Å². The number of halogens is 1. The summed E-state index contributed by atoms with van der Waals surface area (Å²) in [5.74, 6) is 0.0220. The first-order valence-electron chi connectivity index (χ1n) is 4.48. The summed E-state index contributed by atoms with van der Waals surface area (Å²) in [6.45, 7) is 3.55. The van der Waals surface area contributed by atoms with Gasteiger partial charge in [-0.05, 0) is 19.8 Å². The molecule has 1 N–H and O–H groups in total. The molecule has 1 rings (SSSR count). The molecular weight excluding hydrogens is 174 g/mol. The number of carbonyl (C=O) groups is 1. The molecule has 0 heterocycles. The Morgan fingerprint density at radius 3 is 2.75 bits per heavy atom. The highest BCUT2D eigenvalue weighted by Crippen LogP contribution is 2.33. The molecule has 1 aliphatic rings. The lowest BCUT2D eigenvalue weighted by atomic mass is 9.85. The zero-order chi connectivity index (χ0) is 9.19. The van der Waals surface area contributed by atoms with Gasteiger partial charge in [0.05, 0.1) is 4.87 Å². The van der Waals surface area contributed by atoms with Crippen LogP contribution >= 0.6 is 11.6 Å². The van der Waals surface area contributed by atoms with Crippen LogP contribution in [-0.2, 0) is 4.79 Å². The summed E-state index contributed by atoms with van der Waals surface area (Å²) >= 11 is 6.27. The zero-order valence-electron chi connectivity index (χ0n) is 7.69. The Labute approximate surface area is 78.7 Å². The number of hydrogen-bond donors (Lipinski definition) is 1. The molecule has 2 unspecified atom stereocenters. The third-order valence-corrected chi connectivity index (χ3v) is 2.96. The number of alkyl halides is 1. The van der Waals surface area contributed by atoms with Crippen molar-refractivity contribution in [3.05, 3.63) is 0 Å². The van der Waals surface area contributed by atoms with Crippen LogP contribution in [0.5, 0.6) is 0 Å². The minimum absolute atomic E-state index is 0.0220. The summed E-state index contributed by atoms with van der Waals surface area (Å²) in [5, 5.41) is 2.90. The highest BCUT2D eigenvalue weighted by atomic mass is 35.5. The summed E-state index contributed by atoms with van der Waals surface area (Å²) in [6, 6.07) is 0.158. The summed E-state index contributed by atoms with van der Waals surface area (Å²) in [5.41, 5.74) is 0. The van der Waals surface area contributed by atoms with E-state index in [0.29, 0.717) is 0 Å². The van der Waals surface area contributed by atoms with Gasteiger partial charge in [-0.2, -0.15) is 0 Å². The predicted octanol–water partition coefficient (Wildman–Crippen LogP) is 2.06. The van der Waals surface area contributed by atoms with E-state index in [0.717, 1.165) is 12.8 Å². The molecule has 1 saturated carbocycles. The third kappa shape index (κ3) is 2.37. The number of nitrogens with one attached hydrogen (secondary N) is 1. The molecule has 3 heteroatoms. The van der Waals surface area contributed by atoms with Crippen LogP contribution in [0.4, 0.5) is 0 Å². The van der Waals surface area contributed by atoms with Crippen LogP contribution in [0.3, 0.4) is 0 Å². The molecule has 70 valence electrons. The first kappa shape index (κ1) is 9.85. The van der Waals surface area contributed by atoms with Gasteiger partial charge < -0.3 is 5.32 Å². The van der Waals surface area contributed by atoms with E-state index in [2.05, 4.69) is 5.32 Å². The lowest BCUT2D eigenvalue weighted by Gasteiger charge is -2.36. The maximum atomic E-state index is 10.8. The van der Waals surface area contributed by atoms with Gasteiger partial charge in [-0.25, -0.2) is 0 Å². The smallest absolute Gasteiger partial charge is 0.217 e. The van der Waals surface area contributed by atoms with E-state index in [9.17, 15) is 4.79 Å². The number of carbonyl (C=O) groups excluding carboxylic acids is 1. The van der Waals surface area contributed by atoms with Crippen LogP contribution in [0.15, 0.2) is 0 Å². The van der Waals surface area contributed by atoms with E-state index >= 15 is 0 Å². The average molecular weight is 190 g/mol. The molecule has 1 amide bonds. The highest BCUT2D eigenvalue weighted by molar-refractivity contribution is 6.24. The van der Waals surface area contributed by atoms with Crippen LogP contribution in [0.25, 0.3) is 0 Å². The van der Waals surface area contributed by atoms with Gasteiger partial charge in [0, 0.05) is 13.0 Å². The fourth-order valence-corrected chi connectivity index (χ4v) is 2.06. The van der Waals surface area contributed by atoms with Crippen LogP contribution in [0.1, 0.15) is 39.5 Å². The van der Waals surface area contributed by atoms with E-state index in [-0.39, 0.29) is 16.8 Å². The minimum atomic E-state index is -0.232. The van der Waals surface area contributed by atoms with Crippen molar-refractivity contribution in [3.8, 4) is 0 Å². The van der Waals surface area contributed by atoms with Crippen LogP contribution in [-0.4, -0.2) is 16.8 Å². The van der Waals surface area contributed by atoms with E-state index < -0.39 is 0 Å². The Morgan fingerprint density at radius 1 is 1.58 bits per heavy atom. The van der Waals surface area contributed by atoms with E-state index in [4.69, 9.17) is 11.6 Å². The fourth-order valence-electron chi connectivity index (χ4n) is 1.76. The third-order valence-electron chi connectivity index (χ3n) is 2.51. The quantitative estimate of drug-likeness (QED) is 0.629. The molecule has 0 saturated heterocycles. The van der Waals surface area contributed by atoms with Crippen molar-refractivity contribution >= 4 is 17.5 Å². The van der Waals surface area contributed by atoms with Crippen molar-refractivity contribution < 1.29 is 4.79 Å². The lowest BCUT2D eigenvalue weighted by molar-refractivity contribution is -0.120. The minimum Gasteiger partial charge on any atom is -0.352 e. The molecule has 2 nitrogen and oxygen atoms in total. The SMILES string of the molecule is CC(=O)NC1CCCCC1(C)Cl. The zero-order valence-corrected chi connectivity index (χ0v) is 8.45. The highest BCUT2D eigenvalue weighted by Gasteiger charge is 2.34. The second-order valence-corrected chi connectivity index (χ2v) is 4.64. The molecule has 0 spiro atoms. The van der Waals surface area contributed by atoms with Crippen LogP contribution in [0, 0.1) is 0 Å². The van der Waals surface area contributed by atoms with Crippen molar-refractivity contribution in [3.63, 3.8) is 0 Å². The second kappa shape index (κ2) is 3.65. The average Bonchev–Trinajstić information content (AvgIpc) is 1.92. The number of hydrogen-bond acceptors (Lipinski definition) is 1. The molecular formula is C9H16ClNO. The monoisotopic (exact) mass is 189 g/mol. The summed E-state index contributed by atoms with van der Waals surface area (Å²) in [7, 11) is 0. The van der Waals surface area contributed by atoms with E-state index in [1.165, 1.54) is 12.8 Å². The summed E-state index contributed by atoms with van der Waals surface area (Å²) in [4.78, 5) is 10.6. The molecule has 0 aromatic carbocycles. The van der Waals surface area contributed by atoms with Gasteiger partial charge in [-0.15, -0.1) is 11.6 Å². The Kier molecular flexibility index (Phi) is 2.99. The maximum Gasteiger partial charge on any atom is 0.217 e. The van der Waals surface area contributed by atoms with Gasteiger partial charge in [0.1, 0.15) is 0 Å². The molecule has 0 aromatic heterocycles. The molecule has 0 aromatic rings. The molecule has 0 bridgehead atoms. The topological polar surface area (TPSA) is 29.1 Å². The van der Waals surface area contributed by atoms with Gasteiger partial charge >= 0.3 is 0 Å². The van der Waals surface area contributed by atoms with Crippen LogP contribution in [0.2, 0.25) is 0 Å². The number of rotatable bonds is 1. The Bertz CT molecular complexity index is 179. The molecule has 1 fully saturated rings. The van der Waals surface area contributed by atoms with Crippen molar-refractivity contribution in [2.45, 2.75) is 50.4 Å². The first-order chi connectivity index (χ1) is 5.52.